The van der Waals surface area contributed by atoms with Crippen LogP contribution in [0.4, 0.5) is 0 Å². The molecule has 5 heteroatoms. The lowest BCUT2D eigenvalue weighted by molar-refractivity contribution is 0.380. The Morgan fingerprint density at radius 1 is 1.47 bits per heavy atom. The number of aliphatic imine (C=N–C) groups is 1. The molecule has 1 saturated carbocycles. The fourth-order valence-electron chi connectivity index (χ4n) is 1.69. The van der Waals surface area contributed by atoms with Gasteiger partial charge in [0.2, 0.25) is 0 Å². The maximum atomic E-state index is 4.23. The first kappa shape index (κ1) is 14.8. The van der Waals surface area contributed by atoms with Crippen molar-refractivity contribution in [3.05, 3.63) is 21.9 Å². The third-order valence-electron chi connectivity index (χ3n) is 2.90. The average Bonchev–Trinajstić information content (AvgIpc) is 2.62. The summed E-state index contributed by atoms with van der Waals surface area (Å²) in [6.07, 6.45) is 3.90. The van der Waals surface area contributed by atoms with Crippen LogP contribution in [0.25, 0.3) is 0 Å². The number of hydrogen-bond acceptors (Lipinski definition) is 2. The molecule has 1 aliphatic carbocycles. The first-order valence-electron chi connectivity index (χ1n) is 5.80. The van der Waals surface area contributed by atoms with Gasteiger partial charge in [-0.15, -0.1) is 35.3 Å². The molecular formula is C12H20IN3S. The van der Waals surface area contributed by atoms with E-state index in [9.17, 15) is 0 Å². The molecule has 0 bridgehead atoms. The third kappa shape index (κ3) is 4.46. The Bertz CT molecular complexity index is 372. The Hall–Kier alpha value is -0.300. The lowest BCUT2D eigenvalue weighted by atomic mass is 9.93. The van der Waals surface area contributed by atoms with Gasteiger partial charge in [0.05, 0.1) is 6.54 Å². The predicted octanol–water partition coefficient (Wildman–Crippen LogP) is 2.89. The first-order valence-corrected chi connectivity index (χ1v) is 6.62. The number of hydrogen-bond donors (Lipinski definition) is 2. The minimum absolute atomic E-state index is 0. The van der Waals surface area contributed by atoms with Crippen molar-refractivity contribution >= 4 is 41.3 Å². The van der Waals surface area contributed by atoms with E-state index < -0.39 is 0 Å². The second kappa shape index (κ2) is 7.20. The van der Waals surface area contributed by atoms with Gasteiger partial charge >= 0.3 is 0 Å². The SMILES string of the molecule is CN=C(NCc1ccc(C)s1)NC1CCC1.I. The van der Waals surface area contributed by atoms with Crippen LogP contribution in [0, 0.1) is 6.92 Å². The van der Waals surface area contributed by atoms with E-state index in [1.54, 1.807) is 0 Å². The molecular weight excluding hydrogens is 345 g/mol. The summed E-state index contributed by atoms with van der Waals surface area (Å²) in [6, 6.07) is 4.96. The van der Waals surface area contributed by atoms with E-state index in [1.807, 2.05) is 18.4 Å². The number of aryl methyl sites for hydroxylation is 1. The molecule has 1 fully saturated rings. The number of nitrogens with zero attached hydrogens (tertiary/aromatic N) is 1. The van der Waals surface area contributed by atoms with E-state index in [0.29, 0.717) is 6.04 Å². The van der Waals surface area contributed by atoms with Gasteiger partial charge in [0.25, 0.3) is 0 Å². The molecule has 0 amide bonds. The van der Waals surface area contributed by atoms with Crippen LogP contribution in [-0.4, -0.2) is 19.0 Å². The van der Waals surface area contributed by atoms with Crippen LogP contribution in [0.5, 0.6) is 0 Å². The summed E-state index contributed by atoms with van der Waals surface area (Å²) >= 11 is 1.83. The van der Waals surface area contributed by atoms with Crippen LogP contribution in [0.2, 0.25) is 0 Å². The molecule has 1 heterocycles. The zero-order valence-electron chi connectivity index (χ0n) is 10.3. The Morgan fingerprint density at radius 3 is 2.71 bits per heavy atom. The van der Waals surface area contributed by atoms with E-state index in [1.165, 1.54) is 29.0 Å². The largest absolute Gasteiger partial charge is 0.354 e. The maximum Gasteiger partial charge on any atom is 0.191 e. The summed E-state index contributed by atoms with van der Waals surface area (Å²) in [5, 5.41) is 6.77. The molecule has 0 spiro atoms. The maximum absolute atomic E-state index is 4.23. The van der Waals surface area contributed by atoms with E-state index in [0.717, 1.165) is 12.5 Å². The smallest absolute Gasteiger partial charge is 0.191 e. The van der Waals surface area contributed by atoms with Crippen molar-refractivity contribution in [2.24, 2.45) is 4.99 Å². The molecule has 96 valence electrons. The quantitative estimate of drug-likeness (QED) is 0.491. The molecule has 0 unspecified atom stereocenters. The van der Waals surface area contributed by atoms with Gasteiger partial charge in [-0.25, -0.2) is 0 Å². The van der Waals surface area contributed by atoms with Gasteiger partial charge in [-0.05, 0) is 38.3 Å². The van der Waals surface area contributed by atoms with Crippen molar-refractivity contribution in [3.63, 3.8) is 0 Å². The molecule has 1 aliphatic rings. The third-order valence-corrected chi connectivity index (χ3v) is 3.90. The highest BCUT2D eigenvalue weighted by Gasteiger charge is 2.17. The van der Waals surface area contributed by atoms with Crippen LogP contribution < -0.4 is 10.6 Å². The zero-order chi connectivity index (χ0) is 11.4. The molecule has 1 aromatic rings. The summed E-state index contributed by atoms with van der Waals surface area (Å²) in [7, 11) is 1.83. The van der Waals surface area contributed by atoms with E-state index in [-0.39, 0.29) is 24.0 Å². The van der Waals surface area contributed by atoms with Gasteiger partial charge in [-0.3, -0.25) is 4.99 Å². The predicted molar refractivity (Wildman–Crippen MR) is 85.4 cm³/mol. The highest BCUT2D eigenvalue weighted by molar-refractivity contribution is 14.0. The summed E-state index contributed by atoms with van der Waals surface area (Å²) in [5.41, 5.74) is 0. The molecule has 2 rings (SSSR count). The summed E-state index contributed by atoms with van der Waals surface area (Å²) in [5.74, 6) is 0.927. The van der Waals surface area contributed by atoms with Gasteiger partial charge in [-0.2, -0.15) is 0 Å². The van der Waals surface area contributed by atoms with E-state index in [4.69, 9.17) is 0 Å². The second-order valence-electron chi connectivity index (χ2n) is 4.21. The molecule has 0 radical (unpaired) electrons. The van der Waals surface area contributed by atoms with E-state index in [2.05, 4.69) is 34.7 Å². The van der Waals surface area contributed by atoms with Crippen molar-refractivity contribution in [1.29, 1.82) is 0 Å². The number of guanidine groups is 1. The monoisotopic (exact) mass is 365 g/mol. The lowest BCUT2D eigenvalue weighted by Gasteiger charge is -2.28. The molecule has 0 saturated heterocycles. The van der Waals surface area contributed by atoms with Gasteiger partial charge in [0.15, 0.2) is 5.96 Å². The minimum atomic E-state index is 0. The van der Waals surface area contributed by atoms with Crippen molar-refractivity contribution < 1.29 is 0 Å². The fraction of sp³-hybridized carbons (Fsp3) is 0.583. The Balaban J connectivity index is 0.00000144. The molecule has 1 aromatic heterocycles. The molecule has 3 nitrogen and oxygen atoms in total. The van der Waals surface area contributed by atoms with E-state index >= 15 is 0 Å². The number of rotatable bonds is 3. The van der Waals surface area contributed by atoms with Crippen LogP contribution in [0.1, 0.15) is 29.0 Å². The topological polar surface area (TPSA) is 36.4 Å². The number of thiophene rings is 1. The lowest BCUT2D eigenvalue weighted by Crippen LogP contribution is -2.45. The highest BCUT2D eigenvalue weighted by atomic mass is 127. The van der Waals surface area contributed by atoms with Crippen LogP contribution in [0.3, 0.4) is 0 Å². The Labute approximate surface area is 124 Å². The number of halogens is 1. The Kier molecular flexibility index (Phi) is 6.26. The normalized spacial score (nSPS) is 16.0. The molecule has 0 aliphatic heterocycles. The van der Waals surface area contributed by atoms with Gasteiger partial charge in [0.1, 0.15) is 0 Å². The van der Waals surface area contributed by atoms with Crippen molar-refractivity contribution in [3.8, 4) is 0 Å². The van der Waals surface area contributed by atoms with Crippen LogP contribution in [-0.2, 0) is 6.54 Å². The molecule has 0 atom stereocenters. The van der Waals surface area contributed by atoms with Gasteiger partial charge in [-0.1, -0.05) is 0 Å². The summed E-state index contributed by atoms with van der Waals surface area (Å²) in [4.78, 5) is 6.95. The minimum Gasteiger partial charge on any atom is -0.354 e. The highest BCUT2D eigenvalue weighted by Crippen LogP contribution is 2.18. The first-order chi connectivity index (χ1) is 7.78. The fourth-order valence-corrected chi connectivity index (χ4v) is 2.52. The van der Waals surface area contributed by atoms with Crippen molar-refractivity contribution in [2.75, 3.05) is 7.05 Å². The molecule has 2 N–H and O–H groups in total. The average molecular weight is 365 g/mol. The second-order valence-corrected chi connectivity index (χ2v) is 5.58. The standard InChI is InChI=1S/C12H19N3S.HI/c1-9-6-7-11(16-9)8-14-12(13-2)15-10-4-3-5-10;/h6-7,10H,3-5,8H2,1-2H3,(H2,13,14,15);1H. The van der Waals surface area contributed by atoms with Crippen molar-refractivity contribution in [1.82, 2.24) is 10.6 Å². The molecule has 0 aromatic carbocycles. The zero-order valence-corrected chi connectivity index (χ0v) is 13.5. The summed E-state index contributed by atoms with van der Waals surface area (Å²) in [6.45, 7) is 3.00. The summed E-state index contributed by atoms with van der Waals surface area (Å²) < 4.78 is 0. The Morgan fingerprint density at radius 2 is 2.24 bits per heavy atom. The number of nitrogens with one attached hydrogen (secondary N) is 2. The van der Waals surface area contributed by atoms with Crippen LogP contribution in [0.15, 0.2) is 17.1 Å². The molecule has 17 heavy (non-hydrogen) atoms. The van der Waals surface area contributed by atoms with Crippen LogP contribution >= 0.6 is 35.3 Å². The van der Waals surface area contributed by atoms with Gasteiger partial charge in [0, 0.05) is 22.8 Å². The van der Waals surface area contributed by atoms with Crippen molar-refractivity contribution in [2.45, 2.75) is 38.8 Å². The van der Waals surface area contributed by atoms with Gasteiger partial charge < -0.3 is 10.6 Å².